The van der Waals surface area contributed by atoms with Gasteiger partial charge in [-0.1, -0.05) is 101 Å². The van der Waals surface area contributed by atoms with Crippen molar-refractivity contribution < 1.29 is 0 Å². The lowest BCUT2D eigenvalue weighted by molar-refractivity contribution is 0.381. The molecule has 0 nitrogen and oxygen atoms in total. The van der Waals surface area contributed by atoms with E-state index < -0.39 is 0 Å². The van der Waals surface area contributed by atoms with Crippen LogP contribution in [-0.4, -0.2) is 0 Å². The van der Waals surface area contributed by atoms with E-state index in [1.807, 2.05) is 0 Å². The summed E-state index contributed by atoms with van der Waals surface area (Å²) in [6, 6.07) is 0. The summed E-state index contributed by atoms with van der Waals surface area (Å²) in [5.41, 5.74) is 0.446. The molecule has 0 N–H and O–H groups in total. The largest absolute Gasteiger partial charge is 0.0885 e. The highest BCUT2D eigenvalue weighted by atomic mass is 14.1. The van der Waals surface area contributed by atoms with Gasteiger partial charge in [-0.25, -0.2) is 0 Å². The fourth-order valence-corrected chi connectivity index (χ4v) is 2.16. The molecule has 0 heteroatoms. The summed E-state index contributed by atoms with van der Waals surface area (Å²) in [6.45, 7) is 9.06. The summed E-state index contributed by atoms with van der Waals surface area (Å²) >= 11 is 0. The van der Waals surface area contributed by atoms with Crippen molar-refractivity contribution in [3.8, 4) is 0 Å². The Kier molecular flexibility index (Phi) is 16.2. The maximum atomic E-state index is 2.31. The smallest absolute Gasteiger partial charge is 0.0169 e. The molecule has 0 saturated heterocycles. The quantitative estimate of drug-likeness (QED) is 0.295. The normalized spacial score (nSPS) is 13.9. The van der Waals surface area contributed by atoms with Crippen molar-refractivity contribution in [2.24, 2.45) is 5.41 Å². The van der Waals surface area contributed by atoms with Crippen molar-refractivity contribution in [2.45, 2.75) is 79.1 Å². The minimum absolute atomic E-state index is 0.446. The van der Waals surface area contributed by atoms with Gasteiger partial charge in [0.05, 0.1) is 0 Å². The van der Waals surface area contributed by atoms with Gasteiger partial charge in [-0.15, -0.1) is 0 Å². The second kappa shape index (κ2) is 17.3. The molecule has 0 bridgehead atoms. The summed E-state index contributed by atoms with van der Waals surface area (Å²) in [7, 11) is 0. The van der Waals surface area contributed by atoms with Crippen LogP contribution in [0.25, 0.3) is 0 Å². The van der Waals surface area contributed by atoms with Gasteiger partial charge in [0.1, 0.15) is 0 Å². The van der Waals surface area contributed by atoms with E-state index in [0.29, 0.717) is 5.41 Å². The van der Waals surface area contributed by atoms with E-state index in [0.717, 1.165) is 38.5 Å². The molecule has 0 aliphatic rings. The summed E-state index contributed by atoms with van der Waals surface area (Å²) in [5.74, 6) is 0. The maximum Gasteiger partial charge on any atom is -0.0169 e. The predicted octanol–water partition coefficient (Wildman–Crippen LogP) is 8.51. The molecule has 0 unspecified atom stereocenters. The molecule has 0 spiro atoms. The van der Waals surface area contributed by atoms with Gasteiger partial charge in [0.15, 0.2) is 0 Å². The first-order valence-electron chi connectivity index (χ1n) is 9.96. The van der Waals surface area contributed by atoms with E-state index in [1.54, 1.807) is 0 Å². The van der Waals surface area contributed by atoms with Gasteiger partial charge in [-0.3, -0.25) is 0 Å². The van der Waals surface area contributed by atoms with Crippen LogP contribution in [0.4, 0.5) is 0 Å². The van der Waals surface area contributed by atoms with Crippen LogP contribution >= 0.6 is 0 Å². The van der Waals surface area contributed by atoms with E-state index >= 15 is 0 Å². The van der Waals surface area contributed by atoms with E-state index in [-0.39, 0.29) is 0 Å². The van der Waals surface area contributed by atoms with Gasteiger partial charge in [-0.05, 0) is 56.8 Å². The zero-order valence-electron chi connectivity index (χ0n) is 17.1. The predicted molar refractivity (Wildman–Crippen MR) is 117 cm³/mol. The average molecular weight is 341 g/mol. The summed E-state index contributed by atoms with van der Waals surface area (Å²) in [6.07, 6.45) is 35.7. The number of hydrogen-bond acceptors (Lipinski definition) is 0. The van der Waals surface area contributed by atoms with Crippen molar-refractivity contribution in [2.75, 3.05) is 0 Å². The Balaban J connectivity index is 3.55. The lowest BCUT2D eigenvalue weighted by Gasteiger charge is -2.15. The molecule has 0 atom stereocenters. The molecule has 0 aromatic carbocycles. The highest BCUT2D eigenvalue weighted by Crippen LogP contribution is 2.20. The average Bonchev–Trinajstić information content (AvgIpc) is 2.56. The Hall–Kier alpha value is -1.56. The minimum Gasteiger partial charge on any atom is -0.0885 e. The fraction of sp³-hybridized carbons (Fsp3) is 0.520. The van der Waals surface area contributed by atoms with Crippen LogP contribution < -0.4 is 0 Å². The zero-order valence-corrected chi connectivity index (χ0v) is 17.1. The lowest BCUT2D eigenvalue weighted by Crippen LogP contribution is -2.02. The van der Waals surface area contributed by atoms with E-state index in [4.69, 9.17) is 0 Å². The molecule has 0 heterocycles. The first kappa shape index (κ1) is 23.4. The second-order valence-corrected chi connectivity index (χ2v) is 7.51. The summed E-state index contributed by atoms with van der Waals surface area (Å²) in [4.78, 5) is 0. The summed E-state index contributed by atoms with van der Waals surface area (Å²) in [5, 5.41) is 0. The Bertz CT molecular complexity index is 447. The molecule has 0 saturated carbocycles. The van der Waals surface area contributed by atoms with E-state index in [9.17, 15) is 0 Å². The van der Waals surface area contributed by atoms with Crippen LogP contribution in [0, 0.1) is 5.41 Å². The van der Waals surface area contributed by atoms with Gasteiger partial charge in [0.2, 0.25) is 0 Å². The van der Waals surface area contributed by atoms with Gasteiger partial charge < -0.3 is 0 Å². The molecule has 0 aromatic heterocycles. The van der Waals surface area contributed by atoms with Crippen molar-refractivity contribution in [1.29, 1.82) is 0 Å². The first-order chi connectivity index (χ1) is 12.1. The third kappa shape index (κ3) is 22.4. The van der Waals surface area contributed by atoms with Crippen LogP contribution in [0.3, 0.4) is 0 Å². The van der Waals surface area contributed by atoms with Crippen molar-refractivity contribution >= 4 is 0 Å². The zero-order chi connectivity index (χ0) is 18.6. The standard InChI is InChI=1S/C25H40/c1-5-6-7-8-9-10-11-12-13-14-15-16-17-18-19-20-21-22-23-24-25(2,3)4/h6-7,9-10,12-13,15-16,18-19,21-22H,5,8,11,14,17,20,23-24H2,1-4H3/b7-6-,10-9-,13-12-,16-15-,19-18-,22-21-. The number of rotatable bonds is 13. The second-order valence-electron chi connectivity index (χ2n) is 7.51. The molecular formula is C25H40. The van der Waals surface area contributed by atoms with Crippen molar-refractivity contribution in [3.63, 3.8) is 0 Å². The van der Waals surface area contributed by atoms with E-state index in [2.05, 4.69) is 101 Å². The monoisotopic (exact) mass is 340 g/mol. The summed E-state index contributed by atoms with van der Waals surface area (Å²) < 4.78 is 0. The minimum atomic E-state index is 0.446. The van der Waals surface area contributed by atoms with Gasteiger partial charge in [0, 0.05) is 0 Å². The molecule has 0 aliphatic carbocycles. The third-order valence-electron chi connectivity index (χ3n) is 3.66. The van der Waals surface area contributed by atoms with Gasteiger partial charge in [-0.2, -0.15) is 0 Å². The van der Waals surface area contributed by atoms with Gasteiger partial charge in [0.25, 0.3) is 0 Å². The number of allylic oxidation sites excluding steroid dienone is 12. The van der Waals surface area contributed by atoms with Crippen molar-refractivity contribution in [1.82, 2.24) is 0 Å². The number of hydrogen-bond donors (Lipinski definition) is 0. The topological polar surface area (TPSA) is 0 Å². The Morgan fingerprint density at radius 3 is 1.12 bits per heavy atom. The molecule has 0 aromatic rings. The first-order valence-corrected chi connectivity index (χ1v) is 9.96. The van der Waals surface area contributed by atoms with Crippen LogP contribution in [0.5, 0.6) is 0 Å². The molecule has 0 radical (unpaired) electrons. The molecule has 0 amide bonds. The van der Waals surface area contributed by atoms with Crippen LogP contribution in [0.2, 0.25) is 0 Å². The SMILES string of the molecule is CC/C=C\C/C=C\C/C=C\C/C=C\C/C=C\C/C=C\CCC(C)(C)C. The Morgan fingerprint density at radius 2 is 0.800 bits per heavy atom. The Morgan fingerprint density at radius 1 is 0.480 bits per heavy atom. The fourth-order valence-electron chi connectivity index (χ4n) is 2.16. The molecule has 25 heavy (non-hydrogen) atoms. The maximum absolute atomic E-state index is 2.31. The Labute approximate surface area is 157 Å². The molecule has 0 rings (SSSR count). The van der Waals surface area contributed by atoms with Crippen molar-refractivity contribution in [3.05, 3.63) is 72.9 Å². The highest BCUT2D eigenvalue weighted by molar-refractivity contribution is 5.01. The molecular weight excluding hydrogens is 300 g/mol. The highest BCUT2D eigenvalue weighted by Gasteiger charge is 2.07. The lowest BCUT2D eigenvalue weighted by atomic mass is 9.90. The third-order valence-corrected chi connectivity index (χ3v) is 3.66. The molecule has 0 fully saturated rings. The van der Waals surface area contributed by atoms with Gasteiger partial charge >= 0.3 is 0 Å². The van der Waals surface area contributed by atoms with E-state index in [1.165, 1.54) is 12.8 Å². The molecule has 0 aliphatic heterocycles. The van der Waals surface area contributed by atoms with Crippen LogP contribution in [-0.2, 0) is 0 Å². The van der Waals surface area contributed by atoms with Crippen LogP contribution in [0.1, 0.15) is 79.1 Å². The van der Waals surface area contributed by atoms with Crippen LogP contribution in [0.15, 0.2) is 72.9 Å². The molecule has 140 valence electrons.